The number of hydrogen-bond acceptors (Lipinski definition) is 4. The molecule has 2 bridgehead atoms. The fourth-order valence-corrected chi connectivity index (χ4v) is 4.40. The van der Waals surface area contributed by atoms with Gasteiger partial charge in [0.2, 0.25) is 0 Å². The summed E-state index contributed by atoms with van der Waals surface area (Å²) >= 11 is 0. The number of anilines is 1. The van der Waals surface area contributed by atoms with Crippen LogP contribution in [0.5, 0.6) is 0 Å². The van der Waals surface area contributed by atoms with Crippen molar-refractivity contribution in [2.24, 2.45) is 0 Å². The molecule has 2 fully saturated rings. The van der Waals surface area contributed by atoms with Crippen LogP contribution in [-0.2, 0) is 12.8 Å². The van der Waals surface area contributed by atoms with Gasteiger partial charge >= 0.3 is 0 Å². The van der Waals surface area contributed by atoms with Crippen molar-refractivity contribution in [3.63, 3.8) is 0 Å². The second-order valence-corrected chi connectivity index (χ2v) is 6.60. The molecule has 2 aliphatic heterocycles. The Morgan fingerprint density at radius 1 is 1.00 bits per heavy atom. The third-order valence-electron chi connectivity index (χ3n) is 5.30. The van der Waals surface area contributed by atoms with Gasteiger partial charge in [-0.1, -0.05) is 6.42 Å². The largest absolute Gasteiger partial charge is 0.393 e. The van der Waals surface area contributed by atoms with Crippen LogP contribution in [0.15, 0.2) is 6.33 Å². The Balaban J connectivity index is 1.72. The molecule has 3 aliphatic rings. The fraction of sp³-hybridized carbons (Fsp3) is 0.750. The molecule has 4 heteroatoms. The summed E-state index contributed by atoms with van der Waals surface area (Å²) in [6.07, 6.45) is 12.0. The summed E-state index contributed by atoms with van der Waals surface area (Å²) in [7, 11) is 0. The standard InChI is InChI=1S/C16H23N3O/c20-13-8-11-6-7-12(9-13)19(11)16-14-4-2-1-3-5-15(14)17-10-18-16/h10-13,20H,1-9H2. The molecule has 0 saturated carbocycles. The van der Waals surface area contributed by atoms with Crippen LogP contribution in [0.3, 0.4) is 0 Å². The van der Waals surface area contributed by atoms with E-state index in [1.807, 2.05) is 0 Å². The Hall–Kier alpha value is -1.16. The average Bonchev–Trinajstić information content (AvgIpc) is 2.65. The Morgan fingerprint density at radius 3 is 2.55 bits per heavy atom. The highest BCUT2D eigenvalue weighted by Gasteiger charge is 2.41. The number of nitrogens with zero attached hydrogens (tertiary/aromatic N) is 3. The minimum atomic E-state index is -0.107. The number of piperidine rings is 1. The minimum absolute atomic E-state index is 0.107. The van der Waals surface area contributed by atoms with Gasteiger partial charge in [0.15, 0.2) is 0 Å². The maximum atomic E-state index is 9.98. The summed E-state index contributed by atoms with van der Waals surface area (Å²) in [6.45, 7) is 0. The lowest BCUT2D eigenvalue weighted by Crippen LogP contribution is -2.45. The third kappa shape index (κ3) is 2.01. The summed E-state index contributed by atoms with van der Waals surface area (Å²) in [4.78, 5) is 11.7. The predicted molar refractivity (Wildman–Crippen MR) is 77.8 cm³/mol. The molecule has 20 heavy (non-hydrogen) atoms. The molecule has 4 rings (SSSR count). The van der Waals surface area contributed by atoms with Gasteiger partial charge in [-0.3, -0.25) is 0 Å². The molecule has 1 aliphatic carbocycles. The van der Waals surface area contributed by atoms with Crippen molar-refractivity contribution in [2.45, 2.75) is 76.0 Å². The van der Waals surface area contributed by atoms with Crippen LogP contribution in [0.25, 0.3) is 0 Å². The molecule has 0 aromatic carbocycles. The molecule has 2 atom stereocenters. The smallest absolute Gasteiger partial charge is 0.135 e. The number of hydrogen-bond donors (Lipinski definition) is 1. The molecule has 1 aromatic rings. The first-order valence-corrected chi connectivity index (χ1v) is 8.12. The molecular weight excluding hydrogens is 250 g/mol. The van der Waals surface area contributed by atoms with Crippen LogP contribution < -0.4 is 4.90 Å². The number of aryl methyl sites for hydroxylation is 1. The third-order valence-corrected chi connectivity index (χ3v) is 5.30. The molecule has 108 valence electrons. The molecule has 3 heterocycles. The molecule has 2 saturated heterocycles. The fourth-order valence-electron chi connectivity index (χ4n) is 4.40. The quantitative estimate of drug-likeness (QED) is 0.797. The highest BCUT2D eigenvalue weighted by molar-refractivity contribution is 5.52. The number of fused-ring (bicyclic) bond motifs is 3. The highest BCUT2D eigenvalue weighted by Crippen LogP contribution is 2.40. The number of rotatable bonds is 1. The topological polar surface area (TPSA) is 49.2 Å². The predicted octanol–water partition coefficient (Wildman–Crippen LogP) is 2.24. The van der Waals surface area contributed by atoms with E-state index in [0.29, 0.717) is 12.1 Å². The van der Waals surface area contributed by atoms with Crippen molar-refractivity contribution >= 4 is 5.82 Å². The van der Waals surface area contributed by atoms with Crippen molar-refractivity contribution in [2.75, 3.05) is 4.90 Å². The normalized spacial score (nSPS) is 32.9. The van der Waals surface area contributed by atoms with Gasteiger partial charge in [0.05, 0.1) is 6.10 Å². The monoisotopic (exact) mass is 273 g/mol. The molecular formula is C16H23N3O. The van der Waals surface area contributed by atoms with Crippen LogP contribution in [0.4, 0.5) is 5.82 Å². The van der Waals surface area contributed by atoms with Gasteiger partial charge in [0.1, 0.15) is 12.1 Å². The van der Waals surface area contributed by atoms with Gasteiger partial charge < -0.3 is 10.0 Å². The van der Waals surface area contributed by atoms with Crippen molar-refractivity contribution in [1.82, 2.24) is 9.97 Å². The minimum Gasteiger partial charge on any atom is -0.393 e. The Kier molecular flexibility index (Phi) is 3.14. The van der Waals surface area contributed by atoms with Crippen LogP contribution in [0.1, 0.15) is 56.2 Å². The van der Waals surface area contributed by atoms with Crippen LogP contribution in [0, 0.1) is 0 Å². The summed E-state index contributed by atoms with van der Waals surface area (Å²) < 4.78 is 0. The lowest BCUT2D eigenvalue weighted by Gasteiger charge is -2.39. The highest BCUT2D eigenvalue weighted by atomic mass is 16.3. The SMILES string of the molecule is OC1CC2CCC(C1)N2c1ncnc2c1CCCCC2. The number of aromatic nitrogens is 2. The van der Waals surface area contributed by atoms with Gasteiger partial charge in [0, 0.05) is 23.3 Å². The summed E-state index contributed by atoms with van der Waals surface area (Å²) in [5.74, 6) is 1.19. The first-order valence-electron chi connectivity index (χ1n) is 8.12. The first kappa shape index (κ1) is 12.6. The molecule has 4 nitrogen and oxygen atoms in total. The van der Waals surface area contributed by atoms with E-state index in [9.17, 15) is 5.11 Å². The number of aliphatic hydroxyl groups excluding tert-OH is 1. The zero-order chi connectivity index (χ0) is 13.5. The van der Waals surface area contributed by atoms with Crippen molar-refractivity contribution in [3.05, 3.63) is 17.6 Å². The maximum absolute atomic E-state index is 9.98. The van der Waals surface area contributed by atoms with E-state index >= 15 is 0 Å². The van der Waals surface area contributed by atoms with Gasteiger partial charge in [0.25, 0.3) is 0 Å². The van der Waals surface area contributed by atoms with Crippen molar-refractivity contribution in [1.29, 1.82) is 0 Å². The molecule has 0 spiro atoms. The van der Waals surface area contributed by atoms with Crippen LogP contribution in [0.2, 0.25) is 0 Å². The lowest BCUT2D eigenvalue weighted by atomic mass is 9.98. The van der Waals surface area contributed by atoms with E-state index in [2.05, 4.69) is 14.9 Å². The maximum Gasteiger partial charge on any atom is 0.135 e. The summed E-state index contributed by atoms with van der Waals surface area (Å²) in [6, 6.07) is 0.983. The zero-order valence-corrected chi connectivity index (χ0v) is 12.0. The summed E-state index contributed by atoms with van der Waals surface area (Å²) in [5, 5.41) is 9.98. The van der Waals surface area contributed by atoms with Gasteiger partial charge in [-0.15, -0.1) is 0 Å². The van der Waals surface area contributed by atoms with Crippen LogP contribution in [-0.4, -0.2) is 33.3 Å². The molecule has 0 radical (unpaired) electrons. The van der Waals surface area contributed by atoms with E-state index in [0.717, 1.165) is 25.7 Å². The van der Waals surface area contributed by atoms with E-state index in [-0.39, 0.29) is 6.10 Å². The average molecular weight is 273 g/mol. The lowest BCUT2D eigenvalue weighted by molar-refractivity contribution is 0.126. The van der Waals surface area contributed by atoms with Gasteiger partial charge in [-0.05, 0) is 51.4 Å². The molecule has 0 amide bonds. The summed E-state index contributed by atoms with van der Waals surface area (Å²) in [5.41, 5.74) is 2.68. The number of aliphatic hydroxyl groups is 1. The Morgan fingerprint density at radius 2 is 1.75 bits per heavy atom. The molecule has 1 aromatic heterocycles. The van der Waals surface area contributed by atoms with Gasteiger partial charge in [-0.2, -0.15) is 0 Å². The van der Waals surface area contributed by atoms with Gasteiger partial charge in [-0.25, -0.2) is 9.97 Å². The van der Waals surface area contributed by atoms with E-state index in [4.69, 9.17) is 0 Å². The van der Waals surface area contributed by atoms with E-state index in [1.165, 1.54) is 49.2 Å². The molecule has 2 unspecified atom stereocenters. The Labute approximate surface area is 120 Å². The second-order valence-electron chi connectivity index (χ2n) is 6.60. The van der Waals surface area contributed by atoms with Crippen molar-refractivity contribution in [3.8, 4) is 0 Å². The van der Waals surface area contributed by atoms with Crippen molar-refractivity contribution < 1.29 is 5.11 Å². The molecule has 1 N–H and O–H groups in total. The van der Waals surface area contributed by atoms with E-state index in [1.54, 1.807) is 6.33 Å². The van der Waals surface area contributed by atoms with E-state index < -0.39 is 0 Å². The Bertz CT molecular complexity index is 490. The first-order chi connectivity index (χ1) is 9.83. The second kappa shape index (κ2) is 4.99. The zero-order valence-electron chi connectivity index (χ0n) is 12.0. The van der Waals surface area contributed by atoms with Crippen LogP contribution >= 0.6 is 0 Å².